The van der Waals surface area contributed by atoms with Crippen LogP contribution in [-0.2, 0) is 20.7 Å². The van der Waals surface area contributed by atoms with E-state index >= 15 is 0 Å². The normalized spacial score (nSPS) is 14.4. The maximum atomic E-state index is 14.2. The van der Waals surface area contributed by atoms with Gasteiger partial charge >= 0.3 is 5.97 Å². The number of halogens is 1. The first-order valence-electron chi connectivity index (χ1n) is 13.6. The highest BCUT2D eigenvalue weighted by molar-refractivity contribution is 6.04. The number of carbonyl (C=O) groups is 3. The van der Waals surface area contributed by atoms with Crippen molar-refractivity contribution >= 4 is 34.4 Å². The zero-order valence-corrected chi connectivity index (χ0v) is 22.4. The van der Waals surface area contributed by atoms with Crippen molar-refractivity contribution in [3.63, 3.8) is 0 Å². The van der Waals surface area contributed by atoms with Gasteiger partial charge in [0, 0.05) is 28.8 Å². The lowest BCUT2D eigenvalue weighted by Gasteiger charge is -2.33. The highest BCUT2D eigenvalue weighted by Crippen LogP contribution is 2.31. The van der Waals surface area contributed by atoms with Crippen LogP contribution in [0.2, 0.25) is 0 Å². The van der Waals surface area contributed by atoms with Crippen LogP contribution in [0.15, 0.2) is 79.0 Å². The lowest BCUT2D eigenvalue weighted by Crippen LogP contribution is -2.47. The van der Waals surface area contributed by atoms with E-state index in [1.54, 1.807) is 30.5 Å². The van der Waals surface area contributed by atoms with E-state index in [4.69, 9.17) is 4.74 Å². The van der Waals surface area contributed by atoms with Gasteiger partial charge in [-0.15, -0.1) is 0 Å². The number of hydrogen-bond donors (Lipinski definition) is 2. The highest BCUT2D eigenvalue weighted by atomic mass is 19.1. The first-order valence-corrected chi connectivity index (χ1v) is 13.6. The zero-order valence-electron chi connectivity index (χ0n) is 22.4. The number of carbonyl (C=O) groups excluding carboxylic acids is 3. The molecule has 1 atom stereocenters. The number of amides is 2. The fourth-order valence-electron chi connectivity index (χ4n) is 5.43. The predicted molar refractivity (Wildman–Crippen MR) is 151 cm³/mol. The minimum atomic E-state index is -1.05. The summed E-state index contributed by atoms with van der Waals surface area (Å²) in [6.07, 6.45) is 6.77. The molecule has 1 fully saturated rings. The van der Waals surface area contributed by atoms with Crippen molar-refractivity contribution in [2.75, 3.05) is 12.0 Å². The van der Waals surface area contributed by atoms with Gasteiger partial charge in [0.2, 0.25) is 11.8 Å². The van der Waals surface area contributed by atoms with Crippen molar-refractivity contribution in [2.45, 2.75) is 50.6 Å². The molecule has 5 rings (SSSR count). The molecule has 1 aliphatic carbocycles. The second-order valence-electron chi connectivity index (χ2n) is 10.1. The molecule has 1 saturated carbocycles. The minimum absolute atomic E-state index is 0.0106. The molecule has 0 aliphatic heterocycles. The van der Waals surface area contributed by atoms with Gasteiger partial charge in [-0.3, -0.25) is 14.5 Å². The van der Waals surface area contributed by atoms with Crippen LogP contribution in [0.1, 0.15) is 59.6 Å². The number of H-pyrrole nitrogens is 1. The Morgan fingerprint density at radius 1 is 0.975 bits per heavy atom. The van der Waals surface area contributed by atoms with Gasteiger partial charge in [-0.2, -0.15) is 0 Å². The van der Waals surface area contributed by atoms with Crippen molar-refractivity contribution < 1.29 is 23.5 Å². The molecule has 2 amide bonds. The van der Waals surface area contributed by atoms with E-state index in [0.717, 1.165) is 48.6 Å². The monoisotopic (exact) mass is 541 g/mol. The average molecular weight is 542 g/mol. The summed E-state index contributed by atoms with van der Waals surface area (Å²) < 4.78 is 18.8. The predicted octanol–water partition coefficient (Wildman–Crippen LogP) is 5.86. The van der Waals surface area contributed by atoms with Crippen LogP contribution in [0.3, 0.4) is 0 Å². The summed E-state index contributed by atoms with van der Waals surface area (Å²) in [7, 11) is 1.30. The molecule has 2 N–H and O–H groups in total. The van der Waals surface area contributed by atoms with Crippen LogP contribution in [0.25, 0.3) is 10.9 Å². The number of benzene rings is 3. The van der Waals surface area contributed by atoms with Crippen molar-refractivity contribution in [3.05, 3.63) is 102 Å². The molecule has 0 spiro atoms. The van der Waals surface area contributed by atoms with Crippen LogP contribution < -0.4 is 10.2 Å². The van der Waals surface area contributed by atoms with E-state index in [1.807, 2.05) is 24.3 Å². The smallest absolute Gasteiger partial charge is 0.337 e. The summed E-state index contributed by atoms with van der Waals surface area (Å²) in [5.41, 5.74) is 2.94. The lowest BCUT2D eigenvalue weighted by molar-refractivity contribution is -0.127. The second kappa shape index (κ2) is 12.2. The summed E-state index contributed by atoms with van der Waals surface area (Å²) in [5, 5.41) is 4.08. The van der Waals surface area contributed by atoms with E-state index < -0.39 is 17.8 Å². The number of methoxy groups -OCH3 is 1. The van der Waals surface area contributed by atoms with E-state index in [9.17, 15) is 18.8 Å². The topological polar surface area (TPSA) is 91.5 Å². The minimum Gasteiger partial charge on any atom is -0.465 e. The number of esters is 1. The van der Waals surface area contributed by atoms with Crippen molar-refractivity contribution in [1.29, 1.82) is 0 Å². The number of aromatic amines is 1. The third kappa shape index (κ3) is 5.91. The van der Waals surface area contributed by atoms with Crippen LogP contribution in [0.5, 0.6) is 0 Å². The Kier molecular flexibility index (Phi) is 8.24. The highest BCUT2D eigenvalue weighted by Gasteiger charge is 2.34. The maximum Gasteiger partial charge on any atom is 0.337 e. The van der Waals surface area contributed by atoms with Gasteiger partial charge < -0.3 is 15.0 Å². The van der Waals surface area contributed by atoms with Crippen molar-refractivity contribution in [1.82, 2.24) is 10.3 Å². The molecule has 1 heterocycles. The van der Waals surface area contributed by atoms with Crippen LogP contribution >= 0.6 is 0 Å². The van der Waals surface area contributed by atoms with E-state index in [-0.39, 0.29) is 24.3 Å². The third-order valence-electron chi connectivity index (χ3n) is 7.50. The zero-order chi connectivity index (χ0) is 28.1. The molecule has 1 aromatic heterocycles. The van der Waals surface area contributed by atoms with Gasteiger partial charge in [-0.05, 0) is 66.4 Å². The van der Waals surface area contributed by atoms with Crippen LogP contribution in [0, 0.1) is 5.82 Å². The SMILES string of the molecule is COC(=O)c1ccc(N(C(=O)Cc2c[nH]c3ccccc23)C(C(=O)NC2CCCCC2)c2ccc(F)cc2)cc1. The van der Waals surface area contributed by atoms with Crippen molar-refractivity contribution in [2.24, 2.45) is 0 Å². The first-order chi connectivity index (χ1) is 19.4. The molecule has 206 valence electrons. The molecule has 0 bridgehead atoms. The van der Waals surface area contributed by atoms with Crippen LogP contribution in [-0.4, -0.2) is 35.9 Å². The Morgan fingerprint density at radius 3 is 2.38 bits per heavy atom. The van der Waals surface area contributed by atoms with E-state index in [0.29, 0.717) is 16.8 Å². The second-order valence-corrected chi connectivity index (χ2v) is 10.1. The third-order valence-corrected chi connectivity index (χ3v) is 7.50. The van der Waals surface area contributed by atoms with Gasteiger partial charge in [0.05, 0.1) is 19.1 Å². The number of nitrogens with one attached hydrogen (secondary N) is 2. The van der Waals surface area contributed by atoms with Gasteiger partial charge in [0.15, 0.2) is 0 Å². The molecule has 7 nitrogen and oxygen atoms in total. The molecule has 40 heavy (non-hydrogen) atoms. The number of fused-ring (bicyclic) bond motifs is 1. The molecular weight excluding hydrogens is 509 g/mol. The Balaban J connectivity index is 1.57. The van der Waals surface area contributed by atoms with Gasteiger partial charge in [-0.25, -0.2) is 9.18 Å². The summed E-state index contributed by atoms with van der Waals surface area (Å²) >= 11 is 0. The number of nitrogens with zero attached hydrogens (tertiary/aromatic N) is 1. The maximum absolute atomic E-state index is 14.2. The summed E-state index contributed by atoms with van der Waals surface area (Å²) in [6.45, 7) is 0. The Labute approximate surface area is 232 Å². The fraction of sp³-hybridized carbons (Fsp3) is 0.281. The molecule has 8 heteroatoms. The van der Waals surface area contributed by atoms with Gasteiger partial charge in [0.25, 0.3) is 0 Å². The van der Waals surface area contributed by atoms with E-state index in [1.165, 1.54) is 36.3 Å². The number of hydrogen-bond acceptors (Lipinski definition) is 4. The van der Waals surface area contributed by atoms with Gasteiger partial charge in [-0.1, -0.05) is 49.6 Å². The Hall–Kier alpha value is -4.46. The number of rotatable bonds is 8. The van der Waals surface area contributed by atoms with Crippen molar-refractivity contribution in [3.8, 4) is 0 Å². The molecular formula is C32H32FN3O4. The number of aromatic nitrogens is 1. The molecule has 1 aliphatic rings. The molecule has 3 aromatic carbocycles. The van der Waals surface area contributed by atoms with Gasteiger partial charge in [0.1, 0.15) is 11.9 Å². The molecule has 1 unspecified atom stereocenters. The molecule has 0 radical (unpaired) electrons. The summed E-state index contributed by atoms with van der Waals surface area (Å²) in [4.78, 5) is 44.9. The Bertz CT molecular complexity index is 1490. The average Bonchev–Trinajstić information content (AvgIpc) is 3.39. The number of anilines is 1. The lowest BCUT2D eigenvalue weighted by atomic mass is 9.94. The number of ether oxygens (including phenoxy) is 1. The van der Waals surface area contributed by atoms with E-state index in [2.05, 4.69) is 10.3 Å². The Morgan fingerprint density at radius 2 is 1.68 bits per heavy atom. The number of para-hydroxylation sites is 1. The summed E-state index contributed by atoms with van der Waals surface area (Å²) in [6, 6.07) is 18.7. The fourth-order valence-corrected chi connectivity index (χ4v) is 5.43. The van der Waals surface area contributed by atoms with Crippen LogP contribution in [0.4, 0.5) is 10.1 Å². The molecule has 4 aromatic rings. The largest absolute Gasteiger partial charge is 0.465 e. The quantitative estimate of drug-likeness (QED) is 0.274. The first kappa shape index (κ1) is 27.1. The standard InChI is InChI=1S/C32H32FN3O4/c1-40-32(39)22-13-17-26(18-14-22)36(29(37)19-23-20-34-28-10-6-5-9-27(23)28)30(21-11-15-24(33)16-12-21)31(38)35-25-7-3-2-4-8-25/h5-6,9-18,20,25,30,34H,2-4,7-8,19H2,1H3,(H,35,38). The molecule has 0 saturated heterocycles. The summed E-state index contributed by atoms with van der Waals surface area (Å²) in [5.74, 6) is -1.59.